The highest BCUT2D eigenvalue weighted by Gasteiger charge is 2.25. The lowest BCUT2D eigenvalue weighted by atomic mass is 10.1. The van der Waals surface area contributed by atoms with Gasteiger partial charge in [0.25, 0.3) is 5.91 Å². The largest absolute Gasteiger partial charge is 0.507 e. The normalized spacial score (nSPS) is 19.5. The Hall–Kier alpha value is -1.59. The number of rotatable bonds is 3. The molecule has 0 spiro atoms. The summed E-state index contributed by atoms with van der Waals surface area (Å²) in [6, 6.07) is 5.12. The molecule has 5 nitrogen and oxygen atoms in total. The monoisotopic (exact) mass is 264 g/mol. The minimum absolute atomic E-state index is 0.00953. The van der Waals surface area contributed by atoms with E-state index in [1.54, 1.807) is 17.0 Å². The fourth-order valence-electron chi connectivity index (χ4n) is 2.25. The number of hydrogen-bond donors (Lipinski definition) is 2. The van der Waals surface area contributed by atoms with Gasteiger partial charge in [-0.25, -0.2) is 0 Å². The number of benzene rings is 1. The summed E-state index contributed by atoms with van der Waals surface area (Å²) < 4.78 is 5.57. The van der Waals surface area contributed by atoms with Crippen LogP contribution in [0.2, 0.25) is 0 Å². The van der Waals surface area contributed by atoms with E-state index >= 15 is 0 Å². The number of carbonyl (C=O) groups is 1. The van der Waals surface area contributed by atoms with Crippen LogP contribution in [0.25, 0.3) is 0 Å². The van der Waals surface area contributed by atoms with Crippen LogP contribution in [-0.2, 0) is 4.74 Å². The van der Waals surface area contributed by atoms with Crippen molar-refractivity contribution in [3.05, 3.63) is 29.3 Å². The molecular weight excluding hydrogens is 244 g/mol. The minimum atomic E-state index is -0.137. The lowest BCUT2D eigenvalue weighted by molar-refractivity contribution is -0.0197. The van der Waals surface area contributed by atoms with Crippen LogP contribution < -0.4 is 5.32 Å². The molecule has 2 rings (SSSR count). The Bertz CT molecular complexity index is 460. The van der Waals surface area contributed by atoms with Gasteiger partial charge in [-0.05, 0) is 31.7 Å². The number of phenols is 1. The summed E-state index contributed by atoms with van der Waals surface area (Å²) in [6.07, 6.45) is 0.00953. The molecule has 1 fully saturated rings. The number of aromatic hydroxyl groups is 1. The van der Waals surface area contributed by atoms with Crippen LogP contribution in [0.5, 0.6) is 5.75 Å². The number of morpholine rings is 1. The van der Waals surface area contributed by atoms with E-state index in [0.29, 0.717) is 31.8 Å². The first-order valence-electron chi connectivity index (χ1n) is 6.47. The summed E-state index contributed by atoms with van der Waals surface area (Å²) in [5, 5.41) is 12.9. The molecule has 0 aromatic heterocycles. The van der Waals surface area contributed by atoms with Gasteiger partial charge in [0.15, 0.2) is 0 Å². The molecule has 5 heteroatoms. The highest BCUT2D eigenvalue weighted by Crippen LogP contribution is 2.21. The molecule has 1 aromatic carbocycles. The van der Waals surface area contributed by atoms with Gasteiger partial charge in [-0.2, -0.15) is 0 Å². The fraction of sp³-hybridized carbons (Fsp3) is 0.500. The Morgan fingerprint density at radius 1 is 1.58 bits per heavy atom. The Labute approximate surface area is 113 Å². The van der Waals surface area contributed by atoms with E-state index in [-0.39, 0.29) is 17.8 Å². The molecule has 1 saturated heterocycles. The molecule has 0 saturated carbocycles. The van der Waals surface area contributed by atoms with E-state index in [4.69, 9.17) is 4.74 Å². The van der Waals surface area contributed by atoms with Crippen molar-refractivity contribution in [3.63, 3.8) is 0 Å². The highest BCUT2D eigenvalue weighted by atomic mass is 16.5. The molecular formula is C14H20N2O3. The number of ether oxygens (including phenoxy) is 1. The van der Waals surface area contributed by atoms with Crippen LogP contribution in [0.15, 0.2) is 18.2 Å². The maximum absolute atomic E-state index is 12.4. The number of likely N-dealkylation sites (N-methyl/N-ethyl adjacent to an activating group) is 1. The maximum Gasteiger partial charge on any atom is 0.257 e. The summed E-state index contributed by atoms with van der Waals surface area (Å²) in [5.74, 6) is -0.0939. The molecule has 2 N–H and O–H groups in total. The molecule has 1 aliphatic heterocycles. The average Bonchev–Trinajstić information content (AvgIpc) is 2.39. The van der Waals surface area contributed by atoms with Gasteiger partial charge in [-0.1, -0.05) is 6.07 Å². The minimum Gasteiger partial charge on any atom is -0.507 e. The number of aryl methyl sites for hydroxylation is 1. The average molecular weight is 264 g/mol. The van der Waals surface area contributed by atoms with Crippen molar-refractivity contribution in [2.45, 2.75) is 13.0 Å². The molecule has 0 radical (unpaired) electrons. The molecule has 1 unspecified atom stereocenters. The third kappa shape index (κ3) is 3.24. The van der Waals surface area contributed by atoms with Crippen LogP contribution in [-0.4, -0.2) is 55.3 Å². The predicted octanol–water partition coefficient (Wildman–Crippen LogP) is 0.761. The van der Waals surface area contributed by atoms with Gasteiger partial charge in [-0.3, -0.25) is 4.79 Å². The number of nitrogens with one attached hydrogen (secondary N) is 1. The van der Waals surface area contributed by atoms with Crippen LogP contribution in [0.4, 0.5) is 0 Å². The van der Waals surface area contributed by atoms with E-state index in [0.717, 1.165) is 5.56 Å². The Balaban J connectivity index is 2.10. The molecule has 1 heterocycles. The van der Waals surface area contributed by atoms with Crippen molar-refractivity contribution in [1.82, 2.24) is 10.2 Å². The molecule has 0 bridgehead atoms. The first-order chi connectivity index (χ1) is 9.11. The Kier molecular flexibility index (Phi) is 4.39. The van der Waals surface area contributed by atoms with Crippen molar-refractivity contribution in [2.75, 3.05) is 33.3 Å². The molecule has 19 heavy (non-hydrogen) atoms. The molecule has 104 valence electrons. The van der Waals surface area contributed by atoms with E-state index in [9.17, 15) is 9.90 Å². The SMILES string of the molecule is CNCC1CN(C(=O)c2ccc(C)cc2O)CCO1. The van der Waals surface area contributed by atoms with E-state index in [1.165, 1.54) is 0 Å². The zero-order chi connectivity index (χ0) is 13.8. The second-order valence-electron chi connectivity index (χ2n) is 4.82. The van der Waals surface area contributed by atoms with E-state index in [2.05, 4.69) is 5.32 Å². The number of carbonyl (C=O) groups excluding carboxylic acids is 1. The van der Waals surface area contributed by atoms with Gasteiger partial charge in [0, 0.05) is 19.6 Å². The molecule has 0 aliphatic carbocycles. The van der Waals surface area contributed by atoms with Crippen molar-refractivity contribution < 1.29 is 14.6 Å². The van der Waals surface area contributed by atoms with Gasteiger partial charge in [0.1, 0.15) is 5.75 Å². The topological polar surface area (TPSA) is 61.8 Å². The lowest BCUT2D eigenvalue weighted by Gasteiger charge is -2.33. The van der Waals surface area contributed by atoms with Crippen LogP contribution in [0.3, 0.4) is 0 Å². The summed E-state index contributed by atoms with van der Waals surface area (Å²) in [6.45, 7) is 4.24. The summed E-state index contributed by atoms with van der Waals surface area (Å²) in [4.78, 5) is 14.1. The third-order valence-corrected chi connectivity index (χ3v) is 3.24. The predicted molar refractivity (Wildman–Crippen MR) is 72.4 cm³/mol. The second-order valence-corrected chi connectivity index (χ2v) is 4.82. The van der Waals surface area contributed by atoms with Gasteiger partial charge in [0.05, 0.1) is 18.3 Å². The second kappa shape index (κ2) is 6.04. The molecule has 1 aliphatic rings. The van der Waals surface area contributed by atoms with Crippen LogP contribution >= 0.6 is 0 Å². The molecule has 1 atom stereocenters. The summed E-state index contributed by atoms with van der Waals surface area (Å²) >= 11 is 0. The number of phenolic OH excluding ortho intramolecular Hbond substituents is 1. The first-order valence-corrected chi connectivity index (χ1v) is 6.47. The van der Waals surface area contributed by atoms with Gasteiger partial charge >= 0.3 is 0 Å². The van der Waals surface area contributed by atoms with Crippen molar-refractivity contribution in [1.29, 1.82) is 0 Å². The first kappa shape index (κ1) is 13.8. The quantitative estimate of drug-likeness (QED) is 0.846. The van der Waals surface area contributed by atoms with Crippen molar-refractivity contribution >= 4 is 5.91 Å². The number of nitrogens with zero attached hydrogens (tertiary/aromatic N) is 1. The van der Waals surface area contributed by atoms with Gasteiger partial charge < -0.3 is 20.1 Å². The van der Waals surface area contributed by atoms with Crippen LogP contribution in [0.1, 0.15) is 15.9 Å². The number of hydrogen-bond acceptors (Lipinski definition) is 4. The Morgan fingerprint density at radius 2 is 2.37 bits per heavy atom. The smallest absolute Gasteiger partial charge is 0.257 e. The summed E-state index contributed by atoms with van der Waals surface area (Å²) in [7, 11) is 1.86. The zero-order valence-electron chi connectivity index (χ0n) is 11.3. The van der Waals surface area contributed by atoms with E-state index in [1.807, 2.05) is 20.0 Å². The fourth-order valence-corrected chi connectivity index (χ4v) is 2.25. The zero-order valence-corrected chi connectivity index (χ0v) is 11.3. The maximum atomic E-state index is 12.4. The van der Waals surface area contributed by atoms with Gasteiger partial charge in [0.2, 0.25) is 0 Å². The summed E-state index contributed by atoms with van der Waals surface area (Å²) in [5.41, 5.74) is 1.29. The van der Waals surface area contributed by atoms with Crippen LogP contribution in [0, 0.1) is 6.92 Å². The molecule has 1 aromatic rings. The van der Waals surface area contributed by atoms with Crippen molar-refractivity contribution in [3.8, 4) is 5.75 Å². The molecule has 1 amide bonds. The highest BCUT2D eigenvalue weighted by molar-refractivity contribution is 5.97. The van der Waals surface area contributed by atoms with Gasteiger partial charge in [-0.15, -0.1) is 0 Å². The van der Waals surface area contributed by atoms with Crippen molar-refractivity contribution in [2.24, 2.45) is 0 Å². The standard InChI is InChI=1S/C14H20N2O3/c1-10-3-4-12(13(17)7-10)14(18)16-5-6-19-11(9-16)8-15-2/h3-4,7,11,15,17H,5-6,8-9H2,1-2H3. The lowest BCUT2D eigenvalue weighted by Crippen LogP contribution is -2.48. The number of amides is 1. The third-order valence-electron chi connectivity index (χ3n) is 3.24. The van der Waals surface area contributed by atoms with E-state index < -0.39 is 0 Å². The Morgan fingerprint density at radius 3 is 3.05 bits per heavy atom.